The minimum atomic E-state index is -0.269. The third-order valence-electron chi connectivity index (χ3n) is 6.54. The lowest BCUT2D eigenvalue weighted by Crippen LogP contribution is -2.42. The van der Waals surface area contributed by atoms with Crippen LogP contribution in [0.2, 0.25) is 0 Å². The molecule has 3 fully saturated rings. The van der Waals surface area contributed by atoms with Crippen LogP contribution in [0.5, 0.6) is 0 Å². The Morgan fingerprint density at radius 1 is 0.840 bits per heavy atom. The summed E-state index contributed by atoms with van der Waals surface area (Å²) < 4.78 is 6.41. The second-order valence-corrected chi connectivity index (χ2v) is 12.9. The zero-order valence-corrected chi connectivity index (χ0v) is 32.2. The molecule has 3 saturated heterocycles. The van der Waals surface area contributed by atoms with Crippen molar-refractivity contribution in [2.75, 3.05) is 6.61 Å². The van der Waals surface area contributed by atoms with Crippen LogP contribution in [0.25, 0.3) is 0 Å². The van der Waals surface area contributed by atoms with E-state index in [2.05, 4.69) is 73.1 Å². The van der Waals surface area contributed by atoms with Gasteiger partial charge < -0.3 is 9.53 Å². The van der Waals surface area contributed by atoms with Crippen LogP contribution in [0.15, 0.2) is 23.0 Å². The number of Topliss-reactive ketones (excluding diaryl/α,β-unsaturated/α-hetero) is 1. The Kier molecular flexibility index (Phi) is 27.3. The fraction of sp³-hybridized carbons (Fsp3) is 0.714. The van der Waals surface area contributed by atoms with Gasteiger partial charge in [-0.15, -0.1) is 0 Å². The number of aromatic nitrogens is 2. The summed E-state index contributed by atoms with van der Waals surface area (Å²) in [6.07, 6.45) is 4.93. The summed E-state index contributed by atoms with van der Waals surface area (Å²) in [5.41, 5.74) is 11.8. The normalized spacial score (nSPS) is 19.5. The molecule has 3 amide bonds. The van der Waals surface area contributed by atoms with Gasteiger partial charge >= 0.3 is 5.97 Å². The van der Waals surface area contributed by atoms with Gasteiger partial charge in [-0.2, -0.15) is 0 Å². The van der Waals surface area contributed by atoms with Gasteiger partial charge in [-0.3, -0.25) is 45.2 Å². The van der Waals surface area contributed by atoms with E-state index in [1.54, 1.807) is 26.0 Å². The van der Waals surface area contributed by atoms with E-state index in [0.29, 0.717) is 62.1 Å². The Labute approximate surface area is 300 Å². The largest absolute Gasteiger partial charge is 0.463 e. The minimum Gasteiger partial charge on any atom is -0.463 e. The first-order valence-electron chi connectivity index (χ1n) is 16.9. The average Bonchev–Trinajstić information content (AvgIpc) is 3.71. The number of aromatic amines is 1. The number of carbonyl (C=O) groups is 5. The molecule has 0 aliphatic carbocycles. The number of aryl methyl sites for hydroxylation is 1. The van der Waals surface area contributed by atoms with Crippen LogP contribution in [-0.2, 0) is 28.7 Å². The highest BCUT2D eigenvalue weighted by atomic mass is 16.5. The third-order valence-corrected chi connectivity index (χ3v) is 6.54. The number of rotatable bonds is 5. The number of nitrogens with zero attached hydrogens (tertiary/aromatic N) is 3. The molecule has 50 heavy (non-hydrogen) atoms. The van der Waals surface area contributed by atoms with Crippen molar-refractivity contribution in [3.05, 3.63) is 34.3 Å². The van der Waals surface area contributed by atoms with E-state index in [1.165, 1.54) is 19.9 Å². The quantitative estimate of drug-likeness (QED) is 0.222. The van der Waals surface area contributed by atoms with Gasteiger partial charge in [-0.1, -0.05) is 13.5 Å². The summed E-state index contributed by atoms with van der Waals surface area (Å²) in [5.74, 6) is 0.268. The molecule has 0 bridgehead atoms. The van der Waals surface area contributed by atoms with Gasteiger partial charge in [0.25, 0.3) is 5.56 Å². The summed E-state index contributed by atoms with van der Waals surface area (Å²) in [7, 11) is 0. The summed E-state index contributed by atoms with van der Waals surface area (Å²) in [5, 5.41) is 6.68. The van der Waals surface area contributed by atoms with E-state index >= 15 is 0 Å². The molecule has 290 valence electrons. The monoisotopic (exact) mass is 713 g/mol. The molecule has 5 N–H and O–H groups in total. The number of carbonyl (C=O) groups excluding carboxylic acids is 5. The topological polar surface area (TPSA) is 187 Å². The lowest BCUT2D eigenvalue weighted by Gasteiger charge is -2.23. The Morgan fingerprint density at radius 3 is 1.44 bits per heavy atom. The molecule has 4 rings (SSSR count). The molecule has 0 spiro atoms. The van der Waals surface area contributed by atoms with E-state index in [-0.39, 0.29) is 42.5 Å². The summed E-state index contributed by atoms with van der Waals surface area (Å²) in [6.45, 7) is 27.4. The number of esters is 1. The van der Waals surface area contributed by atoms with Crippen molar-refractivity contribution in [1.29, 1.82) is 0 Å². The number of nitrogens with one attached hydrogen (secondary N) is 5. The molecule has 3 aliphatic heterocycles. The molecule has 0 radical (unpaired) electrons. The van der Waals surface area contributed by atoms with Gasteiger partial charge in [0, 0.05) is 73.3 Å². The molecule has 3 unspecified atom stereocenters. The molecule has 3 aliphatic rings. The van der Waals surface area contributed by atoms with Gasteiger partial charge in [0.1, 0.15) is 5.78 Å². The first-order chi connectivity index (χ1) is 22.7. The maximum Gasteiger partial charge on any atom is 0.330 e. The molecule has 0 aromatic carbocycles. The highest BCUT2D eigenvalue weighted by Crippen LogP contribution is 2.12. The van der Waals surface area contributed by atoms with E-state index < -0.39 is 0 Å². The summed E-state index contributed by atoms with van der Waals surface area (Å²) in [6, 6.07) is 3.76. The third kappa shape index (κ3) is 23.5. The maximum atomic E-state index is 10.8. The highest BCUT2D eigenvalue weighted by molar-refractivity contribution is 5.81. The van der Waals surface area contributed by atoms with Crippen LogP contribution >= 0.6 is 0 Å². The van der Waals surface area contributed by atoms with Crippen molar-refractivity contribution in [3.8, 4) is 0 Å². The van der Waals surface area contributed by atoms with Crippen LogP contribution in [0.1, 0.15) is 128 Å². The molecule has 15 heteroatoms. The van der Waals surface area contributed by atoms with Gasteiger partial charge in [0.15, 0.2) is 0 Å². The van der Waals surface area contributed by atoms with Crippen LogP contribution in [0, 0.1) is 6.92 Å². The first-order valence-corrected chi connectivity index (χ1v) is 16.9. The van der Waals surface area contributed by atoms with Gasteiger partial charge in [0.05, 0.1) is 6.61 Å². The maximum absolute atomic E-state index is 10.8. The lowest BCUT2D eigenvalue weighted by molar-refractivity contribution is -0.137. The highest BCUT2D eigenvalue weighted by Gasteiger charge is 2.28. The second-order valence-electron chi connectivity index (χ2n) is 12.9. The van der Waals surface area contributed by atoms with E-state index in [4.69, 9.17) is 0 Å². The van der Waals surface area contributed by atoms with Gasteiger partial charge in [-0.05, 0) is 96.9 Å². The Bertz CT molecular complexity index is 1200. The Balaban J connectivity index is -0.000000538. The Hall–Kier alpha value is -3.82. The average molecular weight is 713 g/mol. The second kappa shape index (κ2) is 27.0. The number of H-pyrrole nitrogens is 1. The van der Waals surface area contributed by atoms with Crippen molar-refractivity contribution >= 4 is 29.5 Å². The van der Waals surface area contributed by atoms with Crippen molar-refractivity contribution in [2.24, 2.45) is 0 Å². The molecule has 1 aromatic rings. The van der Waals surface area contributed by atoms with Crippen LogP contribution in [0.4, 0.5) is 0 Å². The number of amides is 3. The number of ketones is 1. The zero-order chi connectivity index (χ0) is 38.4. The van der Waals surface area contributed by atoms with E-state index in [1.807, 2.05) is 42.4 Å². The smallest absolute Gasteiger partial charge is 0.330 e. The number of allylic oxidation sites excluding steroid dienone is 1. The lowest BCUT2D eigenvalue weighted by atomic mass is 10.2. The zero-order valence-electron chi connectivity index (χ0n) is 32.2. The minimum absolute atomic E-state index is 0. The molecule has 0 saturated carbocycles. The van der Waals surface area contributed by atoms with Crippen molar-refractivity contribution in [3.63, 3.8) is 0 Å². The standard InChI is InChI=1S/2C7H14N2O.C7H12N2O.C6H10O2.C4H8N2O.C3H6O.CH4/c3*1-5(2)9-6(3)4-7(10)8-9;1-3-5-6(7)8-4-2;1-3-2-4(7)6-5-3;1-3(2)4;/h2*5-6H,4H2,1-3H3,(H,8,10);4-5H,1-3H3,(H,8,10);3,5H,4H2,1-2H3;3,5H,2H2,1H3,(H,6,7);1-2H3;1H4/b;;;5-3+;;;. The van der Waals surface area contributed by atoms with Crippen LogP contribution < -0.4 is 27.3 Å². The molecular formula is C35H68N8O7. The SMILES string of the molecule is C.C/C=C/C(=O)OCC.CC(C)=O.CC(C)N1NC(=O)CC1C.CC(C)N1NC(=O)CC1C.CC1CC(=O)NN1.Cc1cc(=O)[nH]n1C(C)C. The molecule has 1 aromatic heterocycles. The van der Waals surface area contributed by atoms with Crippen molar-refractivity contribution < 1.29 is 28.7 Å². The fourth-order valence-electron chi connectivity index (χ4n) is 4.55. The van der Waals surface area contributed by atoms with Crippen LogP contribution in [0.3, 0.4) is 0 Å². The van der Waals surface area contributed by atoms with Crippen LogP contribution in [-0.4, -0.2) is 86.1 Å². The first kappa shape index (κ1) is 50.6. The van der Waals surface area contributed by atoms with Gasteiger partial charge in [-0.25, -0.2) is 20.2 Å². The predicted molar refractivity (Wildman–Crippen MR) is 198 cm³/mol. The number of ether oxygens (including phenoxy) is 1. The molecule has 3 atom stereocenters. The molecule has 15 nitrogen and oxygen atoms in total. The molecule has 4 heterocycles. The summed E-state index contributed by atoms with van der Waals surface area (Å²) in [4.78, 5) is 62.4. The number of hydrogen-bond donors (Lipinski definition) is 5. The van der Waals surface area contributed by atoms with Crippen molar-refractivity contribution in [2.45, 2.75) is 160 Å². The van der Waals surface area contributed by atoms with Gasteiger partial charge in [0.2, 0.25) is 17.7 Å². The predicted octanol–water partition coefficient (Wildman–Crippen LogP) is 3.86. The van der Waals surface area contributed by atoms with Crippen molar-refractivity contribution in [1.82, 2.24) is 41.5 Å². The summed E-state index contributed by atoms with van der Waals surface area (Å²) >= 11 is 0. The molecular weight excluding hydrogens is 644 g/mol. The van der Waals surface area contributed by atoms with E-state index in [0.717, 1.165) is 5.69 Å². The van der Waals surface area contributed by atoms with E-state index in [9.17, 15) is 28.8 Å². The Morgan fingerprint density at radius 2 is 1.28 bits per heavy atom. The number of hydrogen-bond acceptors (Lipinski definition) is 10. The fourth-order valence-corrected chi connectivity index (χ4v) is 4.55. The number of hydrazine groups is 3.